The molecule has 0 radical (unpaired) electrons. The van der Waals surface area contributed by atoms with E-state index in [0.717, 1.165) is 0 Å². The topological polar surface area (TPSA) is 133 Å². The number of carbonyl (C=O) groups is 3. The molecule has 0 aromatic rings. The minimum Gasteiger partial charge on any atom is -0.449 e. The highest BCUT2D eigenvalue weighted by Crippen LogP contribution is 2.55. The first kappa shape index (κ1) is 19.4. The molecule has 9 nitrogen and oxygen atoms in total. The standard InChI is InChI=1S/C18H23ClN4O5/c1-7(19)4-21-12-8(2)14(24)13-11(15(12)25)9(6-28-17(20)26)18(27-3)16-10(22-16)5-23(13)18/h7-10,16,22H,4-6H2,1-3H3,(H2,20,26). The van der Waals surface area contributed by atoms with Gasteiger partial charge in [-0.3, -0.25) is 14.6 Å². The van der Waals surface area contributed by atoms with Crippen LogP contribution < -0.4 is 11.1 Å². The molecule has 0 spiro atoms. The Morgan fingerprint density at radius 1 is 1.50 bits per heavy atom. The average Bonchev–Trinajstić information content (AvgIpc) is 3.24. The Bertz CT molecular complexity index is 825. The zero-order valence-corrected chi connectivity index (χ0v) is 16.7. The van der Waals surface area contributed by atoms with Crippen LogP contribution in [0.1, 0.15) is 13.8 Å². The maximum absolute atomic E-state index is 13.4. The molecule has 4 rings (SSSR count). The molecule has 6 unspecified atom stereocenters. The summed E-state index contributed by atoms with van der Waals surface area (Å²) in [5.74, 6) is -1.81. The van der Waals surface area contributed by atoms with Crippen molar-refractivity contribution in [2.75, 3.05) is 26.8 Å². The Kier molecular flexibility index (Phi) is 4.52. The summed E-state index contributed by atoms with van der Waals surface area (Å²) >= 11 is 5.98. The minimum atomic E-state index is -0.967. The number of halogens is 1. The number of nitrogens with zero attached hydrogens (tertiary/aromatic N) is 2. The van der Waals surface area contributed by atoms with Crippen molar-refractivity contribution in [3.8, 4) is 0 Å². The number of aliphatic imine (C=N–C) groups is 1. The van der Waals surface area contributed by atoms with Crippen LogP contribution in [-0.4, -0.2) is 78.3 Å². The lowest BCUT2D eigenvalue weighted by molar-refractivity contribution is -0.138. The summed E-state index contributed by atoms with van der Waals surface area (Å²) in [5.41, 5.74) is 5.02. The lowest BCUT2D eigenvalue weighted by atomic mass is 9.78. The molecule has 3 aliphatic heterocycles. The molecule has 2 saturated heterocycles. The van der Waals surface area contributed by atoms with E-state index in [1.807, 2.05) is 4.90 Å². The van der Waals surface area contributed by atoms with Crippen LogP contribution in [0.4, 0.5) is 4.79 Å². The van der Waals surface area contributed by atoms with Crippen molar-refractivity contribution in [3.05, 3.63) is 11.3 Å². The van der Waals surface area contributed by atoms with Gasteiger partial charge in [0.15, 0.2) is 11.5 Å². The Morgan fingerprint density at radius 3 is 2.82 bits per heavy atom. The molecule has 1 aliphatic carbocycles. The molecule has 3 heterocycles. The fourth-order valence-corrected chi connectivity index (χ4v) is 4.88. The molecule has 1 amide bonds. The Labute approximate surface area is 167 Å². The van der Waals surface area contributed by atoms with Crippen LogP contribution in [0.25, 0.3) is 0 Å². The van der Waals surface area contributed by atoms with Crippen molar-refractivity contribution >= 4 is 35.0 Å². The van der Waals surface area contributed by atoms with E-state index in [0.29, 0.717) is 17.8 Å². The van der Waals surface area contributed by atoms with Crippen LogP contribution in [-0.2, 0) is 19.1 Å². The summed E-state index contributed by atoms with van der Waals surface area (Å²) in [4.78, 5) is 44.1. The number of fused-ring (bicyclic) bond motifs is 4. The molecule has 28 heavy (non-hydrogen) atoms. The van der Waals surface area contributed by atoms with Crippen LogP contribution >= 0.6 is 11.6 Å². The third kappa shape index (κ3) is 2.53. The molecule has 3 N–H and O–H groups in total. The summed E-state index contributed by atoms with van der Waals surface area (Å²) in [7, 11) is 1.54. The van der Waals surface area contributed by atoms with Gasteiger partial charge in [-0.2, -0.15) is 0 Å². The lowest BCUT2D eigenvalue weighted by Gasteiger charge is -2.39. The number of primary amides is 1. The van der Waals surface area contributed by atoms with E-state index in [2.05, 4.69) is 10.3 Å². The van der Waals surface area contributed by atoms with E-state index in [4.69, 9.17) is 26.8 Å². The second kappa shape index (κ2) is 6.53. The van der Waals surface area contributed by atoms with Gasteiger partial charge in [0.2, 0.25) is 5.78 Å². The first-order valence-electron chi connectivity index (χ1n) is 9.26. The van der Waals surface area contributed by atoms with E-state index in [9.17, 15) is 14.4 Å². The maximum Gasteiger partial charge on any atom is 0.404 e. The number of ether oxygens (including phenoxy) is 2. The summed E-state index contributed by atoms with van der Waals surface area (Å²) < 4.78 is 11.0. The quantitative estimate of drug-likeness (QED) is 0.474. The normalized spacial score (nSPS) is 38.4. The smallest absolute Gasteiger partial charge is 0.404 e. The number of amides is 1. The highest BCUT2D eigenvalue weighted by atomic mass is 35.5. The van der Waals surface area contributed by atoms with Crippen molar-refractivity contribution in [1.29, 1.82) is 0 Å². The summed E-state index contributed by atoms with van der Waals surface area (Å²) in [6.07, 6.45) is -0.946. The number of carbonyl (C=O) groups excluding carboxylic acids is 3. The second-order valence-corrected chi connectivity index (χ2v) is 8.43. The van der Waals surface area contributed by atoms with Gasteiger partial charge >= 0.3 is 6.09 Å². The molecule has 4 aliphatic rings. The summed E-state index contributed by atoms with van der Waals surface area (Å²) in [5, 5.41) is 3.05. The van der Waals surface area contributed by atoms with Crippen molar-refractivity contribution in [1.82, 2.24) is 10.2 Å². The zero-order valence-electron chi connectivity index (χ0n) is 15.9. The Balaban J connectivity index is 1.81. The number of allylic oxidation sites excluding steroid dienone is 1. The molecule has 2 fully saturated rings. The van der Waals surface area contributed by atoms with Crippen molar-refractivity contribution < 1.29 is 23.9 Å². The van der Waals surface area contributed by atoms with Crippen LogP contribution in [0, 0.1) is 11.8 Å². The van der Waals surface area contributed by atoms with Crippen molar-refractivity contribution in [2.24, 2.45) is 22.6 Å². The number of nitrogens with two attached hydrogens (primary N) is 1. The molecular weight excluding hydrogens is 388 g/mol. The van der Waals surface area contributed by atoms with E-state index in [1.54, 1.807) is 13.8 Å². The van der Waals surface area contributed by atoms with Gasteiger partial charge in [0, 0.05) is 25.3 Å². The molecule has 152 valence electrons. The predicted molar refractivity (Wildman–Crippen MR) is 100 cm³/mol. The molecule has 0 aromatic carbocycles. The van der Waals surface area contributed by atoms with Gasteiger partial charge in [0.05, 0.1) is 41.2 Å². The van der Waals surface area contributed by atoms with Gasteiger partial charge < -0.3 is 25.4 Å². The number of nitrogens with one attached hydrogen (secondary N) is 1. The zero-order chi connectivity index (χ0) is 20.4. The van der Waals surface area contributed by atoms with E-state index in [1.165, 1.54) is 7.11 Å². The molecule has 6 atom stereocenters. The predicted octanol–water partition coefficient (Wildman–Crippen LogP) is -0.179. The summed E-state index contributed by atoms with van der Waals surface area (Å²) in [6.45, 7) is 4.07. The Hall–Kier alpha value is -1.97. The van der Waals surface area contributed by atoms with Crippen molar-refractivity contribution in [3.63, 3.8) is 0 Å². The van der Waals surface area contributed by atoms with E-state index >= 15 is 0 Å². The molecule has 10 heteroatoms. The largest absolute Gasteiger partial charge is 0.449 e. The number of piperazine rings is 1. The highest BCUT2D eigenvalue weighted by Gasteiger charge is 2.73. The van der Waals surface area contributed by atoms with E-state index < -0.39 is 23.7 Å². The fraction of sp³-hybridized carbons (Fsp3) is 0.667. The van der Waals surface area contributed by atoms with Gasteiger partial charge in [-0.05, 0) is 13.8 Å². The number of hydrogen-bond donors (Lipinski definition) is 2. The van der Waals surface area contributed by atoms with Crippen molar-refractivity contribution in [2.45, 2.75) is 37.0 Å². The second-order valence-electron chi connectivity index (χ2n) is 7.68. The van der Waals surface area contributed by atoms with Gasteiger partial charge in [0.1, 0.15) is 6.61 Å². The fourth-order valence-electron chi connectivity index (χ4n) is 4.81. The maximum atomic E-state index is 13.4. The first-order chi connectivity index (χ1) is 13.2. The number of hydrogen-bond acceptors (Lipinski definition) is 8. The third-order valence-electron chi connectivity index (χ3n) is 6.05. The number of rotatable bonds is 5. The number of ketones is 2. The molecular formula is C18H23ClN4O5. The van der Waals surface area contributed by atoms with Crippen LogP contribution in [0.3, 0.4) is 0 Å². The number of Topliss-reactive ketones (excluding diaryl/α,β-unsaturated/α-hetero) is 2. The highest BCUT2D eigenvalue weighted by molar-refractivity contribution is 6.53. The number of alkyl halides is 1. The molecule has 0 aromatic heterocycles. The average molecular weight is 411 g/mol. The number of methoxy groups -OCH3 is 1. The summed E-state index contributed by atoms with van der Waals surface area (Å²) in [6, 6.07) is 0.0965. The first-order valence-corrected chi connectivity index (χ1v) is 9.70. The van der Waals surface area contributed by atoms with Crippen LogP contribution in [0.5, 0.6) is 0 Å². The molecule has 0 bridgehead atoms. The van der Waals surface area contributed by atoms with Crippen LogP contribution in [0.2, 0.25) is 0 Å². The lowest BCUT2D eigenvalue weighted by Crippen LogP contribution is -2.55. The molecule has 0 saturated carbocycles. The monoisotopic (exact) mass is 410 g/mol. The Morgan fingerprint density at radius 2 is 2.21 bits per heavy atom. The van der Waals surface area contributed by atoms with Gasteiger partial charge in [-0.1, -0.05) is 0 Å². The third-order valence-corrected chi connectivity index (χ3v) is 6.19. The van der Waals surface area contributed by atoms with Gasteiger partial charge in [-0.15, -0.1) is 11.6 Å². The van der Waals surface area contributed by atoms with E-state index in [-0.39, 0.29) is 47.9 Å². The minimum absolute atomic E-state index is 0.0660. The van der Waals surface area contributed by atoms with Gasteiger partial charge in [0.25, 0.3) is 0 Å². The van der Waals surface area contributed by atoms with Crippen LogP contribution in [0.15, 0.2) is 16.3 Å². The SMILES string of the molecule is COC12C(COC(N)=O)C3=C(C(=O)C(C)C(=NCC(C)Cl)C3=O)N1CC1NC12. The van der Waals surface area contributed by atoms with Gasteiger partial charge in [-0.25, -0.2) is 4.79 Å².